The average molecular weight is 540 g/mol. The first-order valence-electron chi connectivity index (χ1n) is 9.98. The molecule has 0 saturated heterocycles. The lowest BCUT2D eigenvalue weighted by atomic mass is 10.1. The van der Waals surface area contributed by atoms with E-state index in [-0.39, 0.29) is 11.7 Å². The van der Waals surface area contributed by atoms with Crippen LogP contribution in [0.4, 0.5) is 18.3 Å². The van der Waals surface area contributed by atoms with Crippen LogP contribution in [0.3, 0.4) is 0 Å². The summed E-state index contributed by atoms with van der Waals surface area (Å²) in [6.45, 7) is 0. The summed E-state index contributed by atoms with van der Waals surface area (Å²) in [6, 6.07) is 12.8. The van der Waals surface area contributed by atoms with Crippen molar-refractivity contribution < 1.29 is 18.0 Å². The van der Waals surface area contributed by atoms with Gasteiger partial charge >= 0.3 is 6.18 Å². The SMILES string of the molecule is O=C(CSc1ncc(Cc2ccccc2Cl)s1)Nc1ncc(Cc2cccc(C(F)(F)F)c2)s1. The van der Waals surface area contributed by atoms with Crippen LogP contribution in [0.15, 0.2) is 65.3 Å². The minimum atomic E-state index is -4.38. The second kappa shape index (κ2) is 10.9. The van der Waals surface area contributed by atoms with Crippen LogP contribution in [0, 0.1) is 0 Å². The molecule has 34 heavy (non-hydrogen) atoms. The molecule has 0 aliphatic heterocycles. The third-order valence-electron chi connectivity index (χ3n) is 4.61. The van der Waals surface area contributed by atoms with Crippen LogP contribution in [-0.4, -0.2) is 21.6 Å². The number of thioether (sulfide) groups is 1. The molecule has 0 bridgehead atoms. The van der Waals surface area contributed by atoms with E-state index >= 15 is 0 Å². The Bertz CT molecular complexity index is 1290. The molecule has 2 heterocycles. The van der Waals surface area contributed by atoms with E-state index in [4.69, 9.17) is 11.6 Å². The maximum absolute atomic E-state index is 12.9. The molecular formula is C23H17ClF3N3OS3. The molecule has 4 aromatic rings. The Morgan fingerprint density at radius 3 is 2.56 bits per heavy atom. The monoisotopic (exact) mass is 539 g/mol. The summed E-state index contributed by atoms with van der Waals surface area (Å²) in [5.74, 6) is -0.0606. The van der Waals surface area contributed by atoms with Crippen molar-refractivity contribution >= 4 is 57.1 Å². The molecule has 1 N–H and O–H groups in total. The number of nitrogens with zero attached hydrogens (tertiary/aromatic N) is 2. The summed E-state index contributed by atoms with van der Waals surface area (Å²) in [7, 11) is 0. The minimum absolute atomic E-state index is 0.168. The zero-order valence-electron chi connectivity index (χ0n) is 17.4. The average Bonchev–Trinajstić information content (AvgIpc) is 3.43. The number of aromatic nitrogens is 2. The number of anilines is 1. The van der Waals surface area contributed by atoms with Gasteiger partial charge in [-0.1, -0.05) is 59.8 Å². The second-order valence-corrected chi connectivity index (χ2v) is 11.1. The highest BCUT2D eigenvalue weighted by Gasteiger charge is 2.30. The van der Waals surface area contributed by atoms with Gasteiger partial charge in [0.05, 0.1) is 11.3 Å². The smallest absolute Gasteiger partial charge is 0.301 e. The van der Waals surface area contributed by atoms with Gasteiger partial charge in [0.2, 0.25) is 5.91 Å². The molecular weight excluding hydrogens is 523 g/mol. The molecule has 0 spiro atoms. The summed E-state index contributed by atoms with van der Waals surface area (Å²) < 4.78 is 39.5. The molecule has 0 radical (unpaired) electrons. The lowest BCUT2D eigenvalue weighted by Crippen LogP contribution is -2.13. The molecule has 11 heteroatoms. The van der Waals surface area contributed by atoms with E-state index in [1.807, 2.05) is 24.3 Å². The highest BCUT2D eigenvalue weighted by Crippen LogP contribution is 2.31. The number of rotatable bonds is 8. The fourth-order valence-electron chi connectivity index (χ4n) is 3.06. The first kappa shape index (κ1) is 24.7. The lowest BCUT2D eigenvalue weighted by Gasteiger charge is -2.07. The van der Waals surface area contributed by atoms with E-state index in [0.29, 0.717) is 28.6 Å². The van der Waals surface area contributed by atoms with Gasteiger partial charge in [-0.2, -0.15) is 13.2 Å². The van der Waals surface area contributed by atoms with E-state index in [9.17, 15) is 18.0 Å². The van der Waals surface area contributed by atoms with Crippen LogP contribution < -0.4 is 5.32 Å². The number of thiazole rings is 2. The Hall–Kier alpha value is -2.40. The predicted octanol–water partition coefficient (Wildman–Crippen LogP) is 7.18. The Morgan fingerprint density at radius 1 is 1.00 bits per heavy atom. The molecule has 0 aliphatic carbocycles. The normalized spacial score (nSPS) is 11.5. The van der Waals surface area contributed by atoms with Gasteiger partial charge in [-0.25, -0.2) is 9.97 Å². The van der Waals surface area contributed by atoms with Gasteiger partial charge in [-0.3, -0.25) is 4.79 Å². The van der Waals surface area contributed by atoms with E-state index in [1.165, 1.54) is 40.5 Å². The van der Waals surface area contributed by atoms with Crippen LogP contribution in [0.1, 0.15) is 26.4 Å². The van der Waals surface area contributed by atoms with Crippen molar-refractivity contribution in [3.05, 3.63) is 92.4 Å². The second-order valence-electron chi connectivity index (χ2n) is 7.20. The summed E-state index contributed by atoms with van der Waals surface area (Å²) >= 11 is 10.3. The van der Waals surface area contributed by atoms with E-state index < -0.39 is 11.7 Å². The molecule has 2 aromatic carbocycles. The zero-order chi connectivity index (χ0) is 24.1. The van der Waals surface area contributed by atoms with Gasteiger partial charge < -0.3 is 5.32 Å². The Balaban J connectivity index is 1.28. The number of hydrogen-bond acceptors (Lipinski definition) is 6. The summed E-state index contributed by atoms with van der Waals surface area (Å²) in [5.41, 5.74) is 0.868. The van der Waals surface area contributed by atoms with Gasteiger partial charge in [0.15, 0.2) is 9.47 Å². The number of carbonyl (C=O) groups is 1. The van der Waals surface area contributed by atoms with Crippen molar-refractivity contribution in [2.24, 2.45) is 0 Å². The topological polar surface area (TPSA) is 54.9 Å². The van der Waals surface area contributed by atoms with Gasteiger partial charge in [-0.15, -0.1) is 22.7 Å². The molecule has 0 atom stereocenters. The molecule has 0 unspecified atom stereocenters. The molecule has 1 amide bonds. The minimum Gasteiger partial charge on any atom is -0.301 e. The molecule has 0 saturated carbocycles. The van der Waals surface area contributed by atoms with Crippen LogP contribution >= 0.6 is 46.0 Å². The Morgan fingerprint density at radius 2 is 1.76 bits per heavy atom. The number of amides is 1. The van der Waals surface area contributed by atoms with Crippen LogP contribution in [0.2, 0.25) is 5.02 Å². The van der Waals surface area contributed by atoms with Crippen molar-refractivity contribution in [1.82, 2.24) is 9.97 Å². The summed E-state index contributed by atoms with van der Waals surface area (Å²) in [5, 5.41) is 3.85. The number of benzene rings is 2. The number of halogens is 4. The van der Waals surface area contributed by atoms with E-state index in [0.717, 1.165) is 31.8 Å². The maximum Gasteiger partial charge on any atom is 0.416 e. The Labute approximate surface area is 211 Å². The van der Waals surface area contributed by atoms with Crippen molar-refractivity contribution in [3.8, 4) is 0 Å². The van der Waals surface area contributed by atoms with Crippen molar-refractivity contribution in [2.75, 3.05) is 11.1 Å². The quantitative estimate of drug-likeness (QED) is 0.241. The number of carbonyl (C=O) groups excluding carboxylic acids is 1. The van der Waals surface area contributed by atoms with Crippen molar-refractivity contribution in [2.45, 2.75) is 23.4 Å². The van der Waals surface area contributed by atoms with Gasteiger partial charge in [0.1, 0.15) is 0 Å². The van der Waals surface area contributed by atoms with E-state index in [2.05, 4.69) is 15.3 Å². The standard InChI is InChI=1S/C23H17ClF3N3OS3/c24-19-7-2-1-5-15(19)10-18-12-29-22(34-18)32-13-20(31)30-21-28-11-17(33-21)9-14-4-3-6-16(8-14)23(25,26)27/h1-8,11-12H,9-10,13H2,(H,28,30,31). The third kappa shape index (κ3) is 6.82. The highest BCUT2D eigenvalue weighted by atomic mass is 35.5. The van der Waals surface area contributed by atoms with Crippen molar-refractivity contribution in [3.63, 3.8) is 0 Å². The first-order valence-corrected chi connectivity index (χ1v) is 13.0. The summed E-state index contributed by atoms with van der Waals surface area (Å²) in [6.07, 6.45) is -0.0463. The van der Waals surface area contributed by atoms with Crippen molar-refractivity contribution in [1.29, 1.82) is 0 Å². The van der Waals surface area contributed by atoms with Gasteiger partial charge in [0, 0.05) is 40.0 Å². The van der Waals surface area contributed by atoms with E-state index in [1.54, 1.807) is 18.5 Å². The molecule has 4 nitrogen and oxygen atoms in total. The fourth-order valence-corrected chi connectivity index (χ4v) is 5.97. The van der Waals surface area contributed by atoms with Gasteiger partial charge in [0.25, 0.3) is 0 Å². The first-order chi connectivity index (χ1) is 16.3. The van der Waals surface area contributed by atoms with Crippen LogP contribution in [-0.2, 0) is 23.8 Å². The maximum atomic E-state index is 12.9. The summed E-state index contributed by atoms with van der Waals surface area (Å²) in [4.78, 5) is 22.7. The van der Waals surface area contributed by atoms with Gasteiger partial charge in [-0.05, 0) is 23.3 Å². The Kier molecular flexibility index (Phi) is 7.92. The predicted molar refractivity (Wildman–Crippen MR) is 132 cm³/mol. The third-order valence-corrected chi connectivity index (χ3v) is 8.05. The zero-order valence-corrected chi connectivity index (χ0v) is 20.6. The molecule has 0 fully saturated rings. The fraction of sp³-hybridized carbons (Fsp3) is 0.174. The number of hydrogen-bond donors (Lipinski definition) is 1. The largest absolute Gasteiger partial charge is 0.416 e. The molecule has 0 aliphatic rings. The van der Waals surface area contributed by atoms with Crippen LogP contribution in [0.25, 0.3) is 0 Å². The molecule has 2 aromatic heterocycles. The number of alkyl halides is 3. The van der Waals surface area contributed by atoms with Crippen LogP contribution in [0.5, 0.6) is 0 Å². The molecule has 4 rings (SSSR count). The molecule has 176 valence electrons. The number of nitrogens with one attached hydrogen (secondary N) is 1. The lowest BCUT2D eigenvalue weighted by molar-refractivity contribution is -0.137. The highest BCUT2D eigenvalue weighted by molar-refractivity contribution is 8.01.